The quantitative estimate of drug-likeness (QED) is 0.902. The Kier molecular flexibility index (Phi) is 3.52. The number of hydrogen-bond acceptors (Lipinski definition) is 3. The van der Waals surface area contributed by atoms with Crippen LogP contribution in [0.15, 0.2) is 24.3 Å². The van der Waals surface area contributed by atoms with E-state index in [9.17, 15) is 0 Å². The zero-order valence-corrected chi connectivity index (χ0v) is 12.9. The summed E-state index contributed by atoms with van der Waals surface area (Å²) < 4.78 is 6.15. The summed E-state index contributed by atoms with van der Waals surface area (Å²) in [5.41, 5.74) is 2.17. The van der Waals surface area contributed by atoms with E-state index in [0.717, 1.165) is 6.42 Å². The molecule has 1 atom stereocenters. The van der Waals surface area contributed by atoms with Crippen LogP contribution in [-0.4, -0.2) is 31.3 Å². The van der Waals surface area contributed by atoms with Gasteiger partial charge in [-0.3, -0.25) is 0 Å². The van der Waals surface area contributed by atoms with Gasteiger partial charge in [0.15, 0.2) is 0 Å². The van der Waals surface area contributed by atoms with E-state index in [1.807, 2.05) is 0 Å². The summed E-state index contributed by atoms with van der Waals surface area (Å²) in [5.74, 6) is 0. The molecule has 0 spiro atoms. The minimum absolute atomic E-state index is 0.0613. The minimum atomic E-state index is -0.150. The van der Waals surface area contributed by atoms with E-state index in [-0.39, 0.29) is 11.2 Å². The molecule has 1 unspecified atom stereocenters. The molecule has 0 amide bonds. The van der Waals surface area contributed by atoms with Gasteiger partial charge in [0.2, 0.25) is 0 Å². The van der Waals surface area contributed by atoms with Crippen LogP contribution in [0.3, 0.4) is 0 Å². The lowest BCUT2D eigenvalue weighted by atomic mass is 9.94. The summed E-state index contributed by atoms with van der Waals surface area (Å²) in [4.78, 5) is 2.14. The third-order valence-electron chi connectivity index (χ3n) is 3.79. The number of anilines is 2. The van der Waals surface area contributed by atoms with E-state index < -0.39 is 0 Å². The normalized spacial score (nSPS) is 24.2. The first-order valence-corrected chi connectivity index (χ1v) is 6.94. The van der Waals surface area contributed by atoms with Gasteiger partial charge in [-0.05, 0) is 46.2 Å². The molecule has 3 heteroatoms. The van der Waals surface area contributed by atoms with Crippen molar-refractivity contribution in [1.29, 1.82) is 0 Å². The van der Waals surface area contributed by atoms with Crippen molar-refractivity contribution in [1.82, 2.24) is 0 Å². The highest BCUT2D eigenvalue weighted by molar-refractivity contribution is 5.69. The summed E-state index contributed by atoms with van der Waals surface area (Å²) in [6, 6.07) is 8.74. The Morgan fingerprint density at radius 1 is 1.16 bits per heavy atom. The SMILES string of the molecule is CN(C)c1ccccc1NC1CC(C)(C)OC1(C)C. The molecule has 106 valence electrons. The van der Waals surface area contributed by atoms with Crippen LogP contribution >= 0.6 is 0 Å². The first-order valence-electron chi connectivity index (χ1n) is 6.94. The third-order valence-corrected chi connectivity index (χ3v) is 3.79. The van der Waals surface area contributed by atoms with Crippen LogP contribution in [0.25, 0.3) is 0 Å². The molecule has 3 nitrogen and oxygen atoms in total. The van der Waals surface area contributed by atoms with Gasteiger partial charge >= 0.3 is 0 Å². The molecule has 0 aromatic heterocycles. The van der Waals surface area contributed by atoms with Crippen molar-refractivity contribution in [2.45, 2.75) is 51.4 Å². The van der Waals surface area contributed by atoms with E-state index in [1.165, 1.54) is 11.4 Å². The van der Waals surface area contributed by atoms with Crippen LogP contribution in [-0.2, 0) is 4.74 Å². The molecule has 0 aliphatic carbocycles. The van der Waals surface area contributed by atoms with Crippen molar-refractivity contribution in [2.24, 2.45) is 0 Å². The fourth-order valence-corrected chi connectivity index (χ4v) is 2.96. The Balaban J connectivity index is 2.22. The number of rotatable bonds is 3. The average Bonchev–Trinajstić information content (AvgIpc) is 2.47. The van der Waals surface area contributed by atoms with Gasteiger partial charge in [0.05, 0.1) is 28.6 Å². The van der Waals surface area contributed by atoms with Crippen LogP contribution in [0.4, 0.5) is 11.4 Å². The molecule has 0 radical (unpaired) electrons. The maximum Gasteiger partial charge on any atom is 0.0834 e. The van der Waals surface area contributed by atoms with Gasteiger partial charge in [-0.1, -0.05) is 12.1 Å². The van der Waals surface area contributed by atoms with Gasteiger partial charge in [-0.2, -0.15) is 0 Å². The van der Waals surface area contributed by atoms with Crippen LogP contribution in [0.1, 0.15) is 34.1 Å². The van der Waals surface area contributed by atoms with E-state index >= 15 is 0 Å². The Hall–Kier alpha value is -1.22. The number of benzene rings is 1. The highest BCUT2D eigenvalue weighted by atomic mass is 16.5. The van der Waals surface area contributed by atoms with E-state index in [1.54, 1.807) is 0 Å². The van der Waals surface area contributed by atoms with Crippen molar-refractivity contribution in [2.75, 3.05) is 24.3 Å². The Labute approximate surface area is 116 Å². The van der Waals surface area contributed by atoms with Crippen molar-refractivity contribution < 1.29 is 4.74 Å². The maximum absolute atomic E-state index is 6.15. The zero-order chi connectivity index (χ0) is 14.3. The van der Waals surface area contributed by atoms with Crippen molar-refractivity contribution in [3.63, 3.8) is 0 Å². The largest absolute Gasteiger partial charge is 0.378 e. The molecule has 1 aromatic carbocycles. The monoisotopic (exact) mass is 262 g/mol. The smallest absolute Gasteiger partial charge is 0.0834 e. The van der Waals surface area contributed by atoms with Gasteiger partial charge in [0.25, 0.3) is 0 Å². The predicted molar refractivity (Wildman–Crippen MR) is 82.0 cm³/mol. The maximum atomic E-state index is 6.15. The number of nitrogens with zero attached hydrogens (tertiary/aromatic N) is 1. The molecule has 1 N–H and O–H groups in total. The average molecular weight is 262 g/mol. The first-order chi connectivity index (χ1) is 8.71. The van der Waals surface area contributed by atoms with E-state index in [0.29, 0.717) is 6.04 Å². The second-order valence-electron chi connectivity index (χ2n) is 6.78. The third kappa shape index (κ3) is 3.03. The van der Waals surface area contributed by atoms with E-state index in [4.69, 9.17) is 4.74 Å². The van der Waals surface area contributed by atoms with E-state index in [2.05, 4.69) is 76.3 Å². The van der Waals surface area contributed by atoms with Gasteiger partial charge in [-0.15, -0.1) is 0 Å². The fraction of sp³-hybridized carbons (Fsp3) is 0.625. The molecule has 1 heterocycles. The molecule has 0 bridgehead atoms. The molecule has 1 aromatic rings. The predicted octanol–water partition coefficient (Wildman–Crippen LogP) is 3.51. The molecule has 1 aliphatic rings. The van der Waals surface area contributed by atoms with Crippen molar-refractivity contribution >= 4 is 11.4 Å². The minimum Gasteiger partial charge on any atom is -0.378 e. The van der Waals surface area contributed by atoms with Gasteiger partial charge in [0, 0.05) is 14.1 Å². The van der Waals surface area contributed by atoms with Crippen LogP contribution in [0.2, 0.25) is 0 Å². The summed E-state index contributed by atoms with van der Waals surface area (Å²) in [7, 11) is 4.14. The topological polar surface area (TPSA) is 24.5 Å². The first kappa shape index (κ1) is 14.2. The van der Waals surface area contributed by atoms with Crippen LogP contribution in [0.5, 0.6) is 0 Å². The van der Waals surface area contributed by atoms with Crippen LogP contribution in [0, 0.1) is 0 Å². The molecule has 1 saturated heterocycles. The molecule has 0 saturated carbocycles. The Morgan fingerprint density at radius 2 is 1.79 bits per heavy atom. The second kappa shape index (κ2) is 4.71. The number of nitrogens with one attached hydrogen (secondary N) is 1. The van der Waals surface area contributed by atoms with Crippen molar-refractivity contribution in [3.05, 3.63) is 24.3 Å². The molecular weight excluding hydrogens is 236 g/mol. The molecule has 19 heavy (non-hydrogen) atoms. The number of ether oxygens (including phenoxy) is 1. The van der Waals surface area contributed by atoms with Crippen molar-refractivity contribution in [3.8, 4) is 0 Å². The fourth-order valence-electron chi connectivity index (χ4n) is 2.96. The molecule has 1 fully saturated rings. The van der Waals surface area contributed by atoms with Crippen LogP contribution < -0.4 is 10.2 Å². The highest BCUT2D eigenvalue weighted by Crippen LogP contribution is 2.39. The molecule has 2 rings (SSSR count). The lowest BCUT2D eigenvalue weighted by Crippen LogP contribution is -2.38. The Morgan fingerprint density at radius 3 is 2.32 bits per heavy atom. The lowest BCUT2D eigenvalue weighted by molar-refractivity contribution is -0.0662. The summed E-state index contributed by atoms with van der Waals surface area (Å²) in [5, 5.41) is 3.67. The number of para-hydroxylation sites is 2. The lowest BCUT2D eigenvalue weighted by Gasteiger charge is -2.29. The standard InChI is InChI=1S/C16H26N2O/c1-15(2)11-14(16(3,4)19-15)17-12-9-7-8-10-13(12)18(5)6/h7-10,14,17H,11H2,1-6H3. The summed E-state index contributed by atoms with van der Waals surface area (Å²) >= 11 is 0. The summed E-state index contributed by atoms with van der Waals surface area (Å²) in [6.45, 7) is 8.65. The summed E-state index contributed by atoms with van der Waals surface area (Å²) in [6.07, 6.45) is 1.02. The number of hydrogen-bond donors (Lipinski definition) is 1. The Bertz CT molecular complexity index is 452. The highest BCUT2D eigenvalue weighted by Gasteiger charge is 2.45. The molecular formula is C16H26N2O. The molecule has 1 aliphatic heterocycles. The van der Waals surface area contributed by atoms with Gasteiger partial charge < -0.3 is 15.0 Å². The van der Waals surface area contributed by atoms with Gasteiger partial charge in [-0.25, -0.2) is 0 Å². The second-order valence-corrected chi connectivity index (χ2v) is 6.78. The zero-order valence-electron chi connectivity index (χ0n) is 12.9. The van der Waals surface area contributed by atoms with Gasteiger partial charge in [0.1, 0.15) is 0 Å².